The minimum atomic E-state index is -0.125. The first kappa shape index (κ1) is 10.7. The van der Waals surface area contributed by atoms with E-state index in [1.165, 1.54) is 5.56 Å². The zero-order valence-electron chi connectivity index (χ0n) is 8.36. The zero-order valence-corrected chi connectivity index (χ0v) is 9.18. The van der Waals surface area contributed by atoms with Crippen molar-refractivity contribution in [3.8, 4) is 0 Å². The summed E-state index contributed by atoms with van der Waals surface area (Å²) in [6, 6.07) is 2.13. The zero-order chi connectivity index (χ0) is 9.68. The molecule has 13 heavy (non-hydrogen) atoms. The summed E-state index contributed by atoms with van der Waals surface area (Å²) in [6.45, 7) is 4.29. The van der Waals surface area contributed by atoms with E-state index < -0.39 is 0 Å². The minimum Gasteiger partial charge on any atom is -0.393 e. The fourth-order valence-corrected chi connectivity index (χ4v) is 2.13. The van der Waals surface area contributed by atoms with Gasteiger partial charge >= 0.3 is 0 Å². The highest BCUT2D eigenvalue weighted by Gasteiger charge is 2.06. The van der Waals surface area contributed by atoms with Crippen LogP contribution < -0.4 is 0 Å². The van der Waals surface area contributed by atoms with Gasteiger partial charge in [-0.2, -0.15) is 11.3 Å². The van der Waals surface area contributed by atoms with Crippen molar-refractivity contribution in [2.24, 2.45) is 5.92 Å². The van der Waals surface area contributed by atoms with Crippen molar-refractivity contribution in [1.29, 1.82) is 0 Å². The van der Waals surface area contributed by atoms with Gasteiger partial charge in [0.2, 0.25) is 0 Å². The van der Waals surface area contributed by atoms with E-state index in [-0.39, 0.29) is 6.10 Å². The highest BCUT2D eigenvalue weighted by atomic mass is 32.1. The van der Waals surface area contributed by atoms with Gasteiger partial charge in [-0.05, 0) is 47.6 Å². The van der Waals surface area contributed by atoms with Crippen LogP contribution in [-0.4, -0.2) is 11.2 Å². The van der Waals surface area contributed by atoms with E-state index in [9.17, 15) is 5.11 Å². The average Bonchev–Trinajstić information content (AvgIpc) is 2.51. The quantitative estimate of drug-likeness (QED) is 0.771. The lowest BCUT2D eigenvalue weighted by molar-refractivity contribution is 0.140. The maximum absolute atomic E-state index is 9.62. The number of aliphatic hydroxyl groups is 1. The maximum Gasteiger partial charge on any atom is 0.0545 e. The molecule has 0 saturated carbocycles. The van der Waals surface area contributed by atoms with E-state index in [0.29, 0.717) is 5.92 Å². The molecule has 0 aliphatic rings. The monoisotopic (exact) mass is 198 g/mol. The second kappa shape index (κ2) is 5.40. The van der Waals surface area contributed by atoms with Gasteiger partial charge < -0.3 is 5.11 Å². The van der Waals surface area contributed by atoms with Crippen LogP contribution >= 0.6 is 11.3 Å². The van der Waals surface area contributed by atoms with Crippen LogP contribution in [0.4, 0.5) is 0 Å². The number of aliphatic hydroxyl groups excluding tert-OH is 1. The van der Waals surface area contributed by atoms with E-state index in [2.05, 4.69) is 30.7 Å². The van der Waals surface area contributed by atoms with Crippen LogP contribution in [0.2, 0.25) is 0 Å². The van der Waals surface area contributed by atoms with Crippen molar-refractivity contribution in [3.05, 3.63) is 22.4 Å². The van der Waals surface area contributed by atoms with E-state index in [4.69, 9.17) is 0 Å². The molecule has 0 fully saturated rings. The maximum atomic E-state index is 9.62. The van der Waals surface area contributed by atoms with Gasteiger partial charge in [0.05, 0.1) is 6.10 Å². The molecule has 0 radical (unpaired) electrons. The van der Waals surface area contributed by atoms with Gasteiger partial charge in [-0.1, -0.05) is 13.8 Å². The standard InChI is InChI=1S/C11H18OS/c1-9(2)7-11(12)4-3-10-5-6-13-8-10/h5-6,8-9,11-12H,3-4,7H2,1-2H3. The molecule has 0 aliphatic heterocycles. The molecule has 0 aliphatic carbocycles. The molecule has 0 spiro atoms. The lowest BCUT2D eigenvalue weighted by Gasteiger charge is -2.11. The van der Waals surface area contributed by atoms with Gasteiger partial charge in [0.15, 0.2) is 0 Å². The second-order valence-electron chi connectivity index (χ2n) is 3.95. The Labute approximate surface area is 84.4 Å². The summed E-state index contributed by atoms with van der Waals surface area (Å²) in [5.74, 6) is 0.595. The predicted octanol–water partition coefficient (Wildman–Crippen LogP) is 3.09. The first-order valence-electron chi connectivity index (χ1n) is 4.87. The smallest absolute Gasteiger partial charge is 0.0545 e. The van der Waals surface area contributed by atoms with E-state index in [1.54, 1.807) is 11.3 Å². The van der Waals surface area contributed by atoms with Gasteiger partial charge in [-0.3, -0.25) is 0 Å². The van der Waals surface area contributed by atoms with Crippen molar-refractivity contribution >= 4 is 11.3 Å². The van der Waals surface area contributed by atoms with Gasteiger partial charge in [0.25, 0.3) is 0 Å². The van der Waals surface area contributed by atoms with E-state index in [1.807, 2.05) is 0 Å². The molecule has 74 valence electrons. The molecule has 0 aromatic carbocycles. The number of aryl methyl sites for hydroxylation is 1. The van der Waals surface area contributed by atoms with Crippen LogP contribution in [0.15, 0.2) is 16.8 Å². The van der Waals surface area contributed by atoms with Gasteiger partial charge in [0, 0.05) is 0 Å². The van der Waals surface area contributed by atoms with Crippen molar-refractivity contribution in [2.45, 2.75) is 39.2 Å². The molecule has 0 saturated heterocycles. The average molecular weight is 198 g/mol. The van der Waals surface area contributed by atoms with Crippen LogP contribution in [0.1, 0.15) is 32.3 Å². The summed E-state index contributed by atoms with van der Waals surface area (Å²) in [7, 11) is 0. The van der Waals surface area contributed by atoms with Gasteiger partial charge in [0.1, 0.15) is 0 Å². The largest absolute Gasteiger partial charge is 0.393 e. The molecule has 1 atom stereocenters. The molecule has 1 nitrogen and oxygen atoms in total. The second-order valence-corrected chi connectivity index (χ2v) is 4.73. The van der Waals surface area contributed by atoms with Crippen molar-refractivity contribution in [1.82, 2.24) is 0 Å². The van der Waals surface area contributed by atoms with E-state index >= 15 is 0 Å². The molecular formula is C11H18OS. The summed E-state index contributed by atoms with van der Waals surface area (Å²) in [5.41, 5.74) is 1.35. The first-order chi connectivity index (χ1) is 6.18. The Balaban J connectivity index is 2.19. The molecule has 0 bridgehead atoms. The highest BCUT2D eigenvalue weighted by molar-refractivity contribution is 7.07. The summed E-state index contributed by atoms with van der Waals surface area (Å²) in [6.07, 6.45) is 2.70. The fraction of sp³-hybridized carbons (Fsp3) is 0.636. The molecular weight excluding hydrogens is 180 g/mol. The van der Waals surface area contributed by atoms with Crippen LogP contribution in [-0.2, 0) is 6.42 Å². The lowest BCUT2D eigenvalue weighted by atomic mass is 10.0. The summed E-state index contributed by atoms with van der Waals surface area (Å²) >= 11 is 1.72. The highest BCUT2D eigenvalue weighted by Crippen LogP contribution is 2.13. The Morgan fingerprint density at radius 3 is 2.77 bits per heavy atom. The Morgan fingerprint density at radius 2 is 2.23 bits per heavy atom. The fourth-order valence-electron chi connectivity index (χ4n) is 1.43. The van der Waals surface area contributed by atoms with Crippen molar-refractivity contribution in [3.63, 3.8) is 0 Å². The molecule has 1 aromatic heterocycles. The van der Waals surface area contributed by atoms with Crippen LogP contribution in [0.25, 0.3) is 0 Å². The number of rotatable bonds is 5. The predicted molar refractivity (Wildman–Crippen MR) is 58.1 cm³/mol. The van der Waals surface area contributed by atoms with Crippen LogP contribution in [0, 0.1) is 5.92 Å². The van der Waals surface area contributed by atoms with Crippen LogP contribution in [0.3, 0.4) is 0 Å². The first-order valence-corrected chi connectivity index (χ1v) is 5.82. The number of hydrogen-bond acceptors (Lipinski definition) is 2. The van der Waals surface area contributed by atoms with Gasteiger partial charge in [-0.15, -0.1) is 0 Å². The normalized spacial score (nSPS) is 13.5. The SMILES string of the molecule is CC(C)CC(O)CCc1ccsc1. The molecule has 1 aromatic rings. The topological polar surface area (TPSA) is 20.2 Å². The van der Waals surface area contributed by atoms with Crippen molar-refractivity contribution < 1.29 is 5.11 Å². The van der Waals surface area contributed by atoms with E-state index in [0.717, 1.165) is 19.3 Å². The van der Waals surface area contributed by atoms with Crippen LogP contribution in [0.5, 0.6) is 0 Å². The summed E-state index contributed by atoms with van der Waals surface area (Å²) in [4.78, 5) is 0. The third kappa shape index (κ3) is 4.44. The third-order valence-electron chi connectivity index (χ3n) is 2.09. The molecule has 1 N–H and O–H groups in total. The number of thiophene rings is 1. The Bertz CT molecular complexity index is 216. The molecule has 0 amide bonds. The van der Waals surface area contributed by atoms with Gasteiger partial charge in [-0.25, -0.2) is 0 Å². The Morgan fingerprint density at radius 1 is 1.46 bits per heavy atom. The molecule has 1 unspecified atom stereocenters. The number of hydrogen-bond donors (Lipinski definition) is 1. The summed E-state index contributed by atoms with van der Waals surface area (Å²) in [5, 5.41) is 13.9. The molecule has 1 rings (SSSR count). The third-order valence-corrected chi connectivity index (χ3v) is 2.82. The summed E-state index contributed by atoms with van der Waals surface area (Å²) < 4.78 is 0. The minimum absolute atomic E-state index is 0.125. The molecule has 1 heterocycles. The Hall–Kier alpha value is -0.340. The lowest BCUT2D eigenvalue weighted by Crippen LogP contribution is -2.10. The Kier molecular flexibility index (Phi) is 4.46. The molecule has 2 heteroatoms. The van der Waals surface area contributed by atoms with Crippen molar-refractivity contribution in [2.75, 3.05) is 0 Å².